The summed E-state index contributed by atoms with van der Waals surface area (Å²) in [6.07, 6.45) is -2.61. The van der Waals surface area contributed by atoms with Crippen LogP contribution in [0.15, 0.2) is 42.6 Å². The number of carbonyl (C=O) groups is 1. The molecule has 1 aromatic carbocycles. The van der Waals surface area contributed by atoms with E-state index in [1.807, 2.05) is 0 Å². The molecule has 0 bridgehead atoms. The lowest BCUT2D eigenvalue weighted by molar-refractivity contribution is -0.137. The maximum absolute atomic E-state index is 12.9. The van der Waals surface area contributed by atoms with Crippen LogP contribution in [0.3, 0.4) is 0 Å². The van der Waals surface area contributed by atoms with Crippen LogP contribution in [0.25, 0.3) is 0 Å². The van der Waals surface area contributed by atoms with Crippen molar-refractivity contribution in [3.05, 3.63) is 58.9 Å². The van der Waals surface area contributed by atoms with E-state index >= 15 is 0 Å². The zero-order valence-corrected chi connectivity index (χ0v) is 12.1. The van der Waals surface area contributed by atoms with Gasteiger partial charge in [-0.1, -0.05) is 17.7 Å². The third-order valence-corrected chi connectivity index (χ3v) is 3.13. The lowest BCUT2D eigenvalue weighted by atomic mass is 10.1. The highest BCUT2D eigenvalue weighted by atomic mass is 35.5. The Morgan fingerprint density at radius 3 is 2.64 bits per heavy atom. The van der Waals surface area contributed by atoms with Crippen molar-refractivity contribution in [1.29, 1.82) is 0 Å². The van der Waals surface area contributed by atoms with E-state index in [-0.39, 0.29) is 17.1 Å². The Hall–Kier alpha value is -2.08. The third kappa shape index (κ3) is 4.46. The molecule has 0 aliphatic heterocycles. The molecule has 0 aliphatic rings. The fraction of sp³-hybridized carbons (Fsp3) is 0.200. The average molecular weight is 329 g/mol. The zero-order chi connectivity index (χ0) is 16.2. The van der Waals surface area contributed by atoms with Crippen LogP contribution in [0.5, 0.6) is 0 Å². The van der Waals surface area contributed by atoms with Crippen LogP contribution in [0.4, 0.5) is 18.9 Å². The van der Waals surface area contributed by atoms with E-state index in [1.54, 1.807) is 24.4 Å². The molecule has 0 radical (unpaired) electrons. The van der Waals surface area contributed by atoms with Gasteiger partial charge in [0.2, 0.25) is 5.91 Å². The number of hydrogen-bond donors (Lipinski definition) is 1. The molecule has 116 valence electrons. The van der Waals surface area contributed by atoms with Gasteiger partial charge in [0.15, 0.2) is 0 Å². The van der Waals surface area contributed by atoms with Crippen molar-refractivity contribution in [3.8, 4) is 0 Å². The van der Waals surface area contributed by atoms with E-state index in [4.69, 9.17) is 11.6 Å². The Kier molecular flexibility index (Phi) is 5.03. The fourth-order valence-corrected chi connectivity index (χ4v) is 2.03. The highest BCUT2D eigenvalue weighted by Crippen LogP contribution is 2.36. The molecule has 0 aliphatic carbocycles. The van der Waals surface area contributed by atoms with E-state index in [0.29, 0.717) is 12.1 Å². The van der Waals surface area contributed by atoms with Crippen LogP contribution < -0.4 is 5.32 Å². The molecule has 2 aromatic rings. The molecule has 1 aromatic heterocycles. The van der Waals surface area contributed by atoms with Gasteiger partial charge in [0, 0.05) is 23.3 Å². The van der Waals surface area contributed by atoms with Gasteiger partial charge in [0.1, 0.15) is 0 Å². The topological polar surface area (TPSA) is 42.0 Å². The van der Waals surface area contributed by atoms with Crippen molar-refractivity contribution in [2.75, 3.05) is 5.32 Å². The normalized spacial score (nSPS) is 11.3. The van der Waals surface area contributed by atoms with Crippen molar-refractivity contribution in [1.82, 2.24) is 4.98 Å². The van der Waals surface area contributed by atoms with Crippen LogP contribution in [0.2, 0.25) is 5.02 Å². The van der Waals surface area contributed by atoms with Gasteiger partial charge in [-0.25, -0.2) is 0 Å². The summed E-state index contributed by atoms with van der Waals surface area (Å²) in [6, 6.07) is 8.50. The number of aryl methyl sites for hydroxylation is 1. The first kappa shape index (κ1) is 16.3. The number of alkyl halides is 3. The molecule has 1 heterocycles. The minimum atomic E-state index is -4.59. The van der Waals surface area contributed by atoms with E-state index < -0.39 is 17.6 Å². The molecule has 0 saturated heterocycles. The molecule has 0 atom stereocenters. The summed E-state index contributed by atoms with van der Waals surface area (Å²) in [6.45, 7) is 0. The summed E-state index contributed by atoms with van der Waals surface area (Å²) in [4.78, 5) is 15.9. The number of amides is 1. The maximum Gasteiger partial charge on any atom is 0.418 e. The molecule has 1 amide bonds. The van der Waals surface area contributed by atoms with E-state index in [2.05, 4.69) is 10.3 Å². The van der Waals surface area contributed by atoms with Gasteiger partial charge in [-0.15, -0.1) is 0 Å². The summed E-state index contributed by atoms with van der Waals surface area (Å²) in [5, 5.41) is 2.23. The van der Waals surface area contributed by atoms with Gasteiger partial charge < -0.3 is 5.32 Å². The third-order valence-electron chi connectivity index (χ3n) is 2.90. The van der Waals surface area contributed by atoms with Crippen molar-refractivity contribution < 1.29 is 18.0 Å². The Labute approximate surface area is 130 Å². The van der Waals surface area contributed by atoms with Crippen LogP contribution in [-0.4, -0.2) is 10.9 Å². The lowest BCUT2D eigenvalue weighted by Crippen LogP contribution is -2.17. The van der Waals surface area contributed by atoms with E-state index in [0.717, 1.165) is 12.1 Å². The Morgan fingerprint density at radius 1 is 1.23 bits per heavy atom. The standard InChI is InChI=1S/C15H12ClF3N2O/c16-10-4-6-13(12(9-10)15(17,18)19)21-14(22)7-5-11-3-1-2-8-20-11/h1-4,6,8-9H,5,7H2,(H,21,22). The second-order valence-electron chi connectivity index (χ2n) is 4.56. The number of carbonyl (C=O) groups excluding carboxylic acids is 1. The highest BCUT2D eigenvalue weighted by Gasteiger charge is 2.34. The molecular weight excluding hydrogens is 317 g/mol. The molecule has 7 heteroatoms. The van der Waals surface area contributed by atoms with Crippen molar-refractivity contribution in [3.63, 3.8) is 0 Å². The Morgan fingerprint density at radius 2 is 2.00 bits per heavy atom. The summed E-state index contributed by atoms with van der Waals surface area (Å²) >= 11 is 5.58. The molecule has 0 fully saturated rings. The minimum Gasteiger partial charge on any atom is -0.325 e. The van der Waals surface area contributed by atoms with Crippen molar-refractivity contribution in [2.24, 2.45) is 0 Å². The predicted octanol–water partition coefficient (Wildman–Crippen LogP) is 4.33. The highest BCUT2D eigenvalue weighted by molar-refractivity contribution is 6.30. The van der Waals surface area contributed by atoms with Gasteiger partial charge in [-0.3, -0.25) is 9.78 Å². The van der Waals surface area contributed by atoms with E-state index in [9.17, 15) is 18.0 Å². The number of hydrogen-bond acceptors (Lipinski definition) is 2. The summed E-state index contributed by atoms with van der Waals surface area (Å²) in [5.74, 6) is -0.515. The molecule has 0 spiro atoms. The van der Waals surface area contributed by atoms with Gasteiger partial charge in [0.05, 0.1) is 11.3 Å². The zero-order valence-electron chi connectivity index (χ0n) is 11.3. The van der Waals surface area contributed by atoms with Crippen LogP contribution >= 0.6 is 11.6 Å². The van der Waals surface area contributed by atoms with Crippen molar-refractivity contribution in [2.45, 2.75) is 19.0 Å². The number of aromatic nitrogens is 1. The number of rotatable bonds is 4. The van der Waals surface area contributed by atoms with Crippen LogP contribution in [-0.2, 0) is 17.4 Å². The van der Waals surface area contributed by atoms with Gasteiger partial charge >= 0.3 is 6.18 Å². The predicted molar refractivity (Wildman–Crippen MR) is 77.6 cm³/mol. The monoisotopic (exact) mass is 328 g/mol. The van der Waals surface area contributed by atoms with Crippen LogP contribution in [0, 0.1) is 0 Å². The number of pyridine rings is 1. The molecule has 3 nitrogen and oxygen atoms in total. The average Bonchev–Trinajstić information content (AvgIpc) is 2.47. The number of benzene rings is 1. The first-order chi connectivity index (χ1) is 10.4. The van der Waals surface area contributed by atoms with Gasteiger partial charge in [-0.05, 0) is 36.8 Å². The first-order valence-electron chi connectivity index (χ1n) is 6.43. The summed E-state index contributed by atoms with van der Waals surface area (Å²) < 4.78 is 38.7. The number of halogens is 4. The summed E-state index contributed by atoms with van der Waals surface area (Å²) in [7, 11) is 0. The first-order valence-corrected chi connectivity index (χ1v) is 6.80. The molecule has 0 unspecified atom stereocenters. The number of anilines is 1. The Balaban J connectivity index is 2.06. The molecule has 1 N–H and O–H groups in total. The number of nitrogens with zero attached hydrogens (tertiary/aromatic N) is 1. The smallest absolute Gasteiger partial charge is 0.325 e. The van der Waals surface area contributed by atoms with Gasteiger partial charge in [-0.2, -0.15) is 13.2 Å². The maximum atomic E-state index is 12.9. The van der Waals surface area contributed by atoms with Crippen molar-refractivity contribution >= 4 is 23.2 Å². The fourth-order valence-electron chi connectivity index (χ4n) is 1.86. The van der Waals surface area contributed by atoms with Crippen LogP contribution in [0.1, 0.15) is 17.7 Å². The second kappa shape index (κ2) is 6.79. The minimum absolute atomic E-state index is 0.0386. The SMILES string of the molecule is O=C(CCc1ccccn1)Nc1ccc(Cl)cc1C(F)(F)F. The van der Waals surface area contributed by atoms with E-state index in [1.165, 1.54) is 6.07 Å². The lowest BCUT2D eigenvalue weighted by Gasteiger charge is -2.14. The quantitative estimate of drug-likeness (QED) is 0.908. The molecule has 2 rings (SSSR count). The van der Waals surface area contributed by atoms with Gasteiger partial charge in [0.25, 0.3) is 0 Å². The Bertz CT molecular complexity index is 660. The second-order valence-corrected chi connectivity index (χ2v) is 4.99. The summed E-state index contributed by atoms with van der Waals surface area (Å²) in [5.41, 5.74) is -0.570. The molecule has 0 saturated carbocycles. The molecule has 22 heavy (non-hydrogen) atoms. The molecular formula is C15H12ClF3N2O. The number of nitrogens with one attached hydrogen (secondary N) is 1. The largest absolute Gasteiger partial charge is 0.418 e.